The van der Waals surface area contributed by atoms with Gasteiger partial charge < -0.3 is 10.0 Å². The first-order valence-corrected chi connectivity index (χ1v) is 12.1. The Morgan fingerprint density at radius 1 is 0.967 bits per heavy atom. The molecule has 0 spiro atoms. The summed E-state index contributed by atoms with van der Waals surface area (Å²) in [5, 5.41) is 8.73. The van der Waals surface area contributed by atoms with Crippen LogP contribution in [0.2, 0.25) is 0 Å². The highest BCUT2D eigenvalue weighted by molar-refractivity contribution is 5.69. The van der Waals surface area contributed by atoms with Gasteiger partial charge in [0.2, 0.25) is 0 Å². The topological polar surface area (TPSA) is 40.5 Å². The fraction of sp³-hybridized carbons (Fsp3) is 0.741. The summed E-state index contributed by atoms with van der Waals surface area (Å²) in [5.74, 6) is 1.33. The van der Waals surface area contributed by atoms with Gasteiger partial charge in [-0.25, -0.2) is 0 Å². The standard InChI is InChI=1S/C15H24.C9H16O2.C3H9N/c1-4-13(3)11-12-14(5-2)15-9-7-6-8-10-15;1-7(9(10)11)8-5-3-2-4-6-8;1-4(2)3/h6-10,13-14H,4-5,11-12H2,1-3H3;7-8H,2-6H2,1H3,(H,10,11);1-3H3. The van der Waals surface area contributed by atoms with E-state index in [0.29, 0.717) is 5.92 Å². The number of hydrogen-bond donors (Lipinski definition) is 1. The van der Waals surface area contributed by atoms with E-state index in [9.17, 15) is 4.79 Å². The van der Waals surface area contributed by atoms with Gasteiger partial charge in [-0.2, -0.15) is 0 Å². The van der Waals surface area contributed by atoms with Crippen LogP contribution >= 0.6 is 0 Å². The fourth-order valence-corrected chi connectivity index (χ4v) is 3.86. The zero-order valence-electron chi connectivity index (χ0n) is 20.9. The summed E-state index contributed by atoms with van der Waals surface area (Å²) in [7, 11) is 6.00. The minimum absolute atomic E-state index is 0.129. The second-order valence-corrected chi connectivity index (χ2v) is 9.47. The average Bonchev–Trinajstić information content (AvgIpc) is 2.74. The lowest BCUT2D eigenvalue weighted by Crippen LogP contribution is -2.22. The van der Waals surface area contributed by atoms with Crippen LogP contribution in [0.1, 0.15) is 97.0 Å². The number of carboxylic acids is 1. The fourth-order valence-electron chi connectivity index (χ4n) is 3.86. The van der Waals surface area contributed by atoms with Crippen molar-refractivity contribution in [3.05, 3.63) is 35.9 Å². The van der Waals surface area contributed by atoms with Crippen molar-refractivity contribution in [2.75, 3.05) is 21.1 Å². The van der Waals surface area contributed by atoms with E-state index in [1.54, 1.807) is 0 Å². The van der Waals surface area contributed by atoms with E-state index in [1.807, 2.05) is 33.0 Å². The van der Waals surface area contributed by atoms with Gasteiger partial charge in [-0.1, -0.05) is 90.1 Å². The quantitative estimate of drug-likeness (QED) is 0.475. The average molecular weight is 420 g/mol. The van der Waals surface area contributed by atoms with Gasteiger partial charge in [-0.15, -0.1) is 0 Å². The molecule has 1 fully saturated rings. The van der Waals surface area contributed by atoms with E-state index >= 15 is 0 Å². The molecule has 1 aliphatic rings. The molecule has 3 atom stereocenters. The molecule has 0 saturated heterocycles. The van der Waals surface area contributed by atoms with Crippen LogP contribution in [0.5, 0.6) is 0 Å². The zero-order chi connectivity index (χ0) is 22.9. The highest BCUT2D eigenvalue weighted by Gasteiger charge is 2.24. The molecule has 3 unspecified atom stereocenters. The molecule has 0 radical (unpaired) electrons. The minimum Gasteiger partial charge on any atom is -0.481 e. The Hall–Kier alpha value is -1.35. The lowest BCUT2D eigenvalue weighted by atomic mass is 9.81. The van der Waals surface area contributed by atoms with E-state index < -0.39 is 5.97 Å². The van der Waals surface area contributed by atoms with Crippen molar-refractivity contribution in [3.8, 4) is 0 Å². The smallest absolute Gasteiger partial charge is 0.306 e. The number of benzene rings is 1. The van der Waals surface area contributed by atoms with Gasteiger partial charge in [0.25, 0.3) is 0 Å². The van der Waals surface area contributed by atoms with Crippen molar-refractivity contribution in [1.29, 1.82) is 0 Å². The second kappa shape index (κ2) is 17.3. The van der Waals surface area contributed by atoms with Crippen LogP contribution in [0.25, 0.3) is 0 Å². The first-order chi connectivity index (χ1) is 14.2. The van der Waals surface area contributed by atoms with E-state index in [-0.39, 0.29) is 5.92 Å². The van der Waals surface area contributed by atoms with E-state index in [4.69, 9.17) is 5.11 Å². The van der Waals surface area contributed by atoms with Crippen LogP contribution < -0.4 is 0 Å². The molecule has 0 aromatic heterocycles. The molecule has 3 heteroatoms. The van der Waals surface area contributed by atoms with Crippen LogP contribution in [0.4, 0.5) is 0 Å². The second-order valence-electron chi connectivity index (χ2n) is 9.47. The third kappa shape index (κ3) is 13.8. The van der Waals surface area contributed by atoms with E-state index in [2.05, 4.69) is 51.1 Å². The Morgan fingerprint density at radius 2 is 1.50 bits per heavy atom. The Balaban J connectivity index is 0.000000491. The van der Waals surface area contributed by atoms with Gasteiger partial charge in [0.15, 0.2) is 0 Å². The molecule has 3 nitrogen and oxygen atoms in total. The SMILES string of the molecule is CC(C(=O)O)C1CCCCC1.CCC(C)CCC(CC)c1ccccc1.CN(C)C. The summed E-state index contributed by atoms with van der Waals surface area (Å²) in [4.78, 5) is 12.6. The molecule has 1 aromatic rings. The van der Waals surface area contributed by atoms with Crippen LogP contribution in [-0.2, 0) is 4.79 Å². The molecule has 1 aliphatic carbocycles. The highest BCUT2D eigenvalue weighted by atomic mass is 16.4. The first kappa shape index (κ1) is 28.6. The summed E-state index contributed by atoms with van der Waals surface area (Å²) in [6.07, 6.45) is 11.3. The molecule has 2 rings (SSSR count). The molecule has 1 aromatic carbocycles. The Kier molecular flexibility index (Phi) is 16.6. The number of hydrogen-bond acceptors (Lipinski definition) is 2. The maximum absolute atomic E-state index is 10.6. The molecule has 30 heavy (non-hydrogen) atoms. The normalized spacial score (nSPS) is 17.1. The predicted molar refractivity (Wildman–Crippen MR) is 131 cm³/mol. The van der Waals surface area contributed by atoms with Gasteiger partial charge in [-0.05, 0) is 70.1 Å². The largest absolute Gasteiger partial charge is 0.481 e. The number of carbonyl (C=O) groups is 1. The highest BCUT2D eigenvalue weighted by Crippen LogP contribution is 2.29. The van der Waals surface area contributed by atoms with Gasteiger partial charge in [0.05, 0.1) is 5.92 Å². The molecule has 1 N–H and O–H groups in total. The molecule has 1 saturated carbocycles. The number of nitrogens with zero attached hydrogens (tertiary/aromatic N) is 1. The van der Waals surface area contributed by atoms with Crippen molar-refractivity contribution in [2.45, 2.75) is 91.4 Å². The minimum atomic E-state index is -0.628. The summed E-state index contributed by atoms with van der Waals surface area (Å²) < 4.78 is 0. The summed E-state index contributed by atoms with van der Waals surface area (Å²) in [5.41, 5.74) is 1.52. The monoisotopic (exact) mass is 419 g/mol. The Morgan fingerprint density at radius 3 is 1.93 bits per heavy atom. The van der Waals surface area contributed by atoms with Gasteiger partial charge in [-0.3, -0.25) is 4.79 Å². The molecule has 0 bridgehead atoms. The van der Waals surface area contributed by atoms with Crippen LogP contribution in [0.15, 0.2) is 30.3 Å². The summed E-state index contributed by atoms with van der Waals surface area (Å²) in [6, 6.07) is 10.9. The molecule has 0 heterocycles. The maximum atomic E-state index is 10.6. The van der Waals surface area contributed by atoms with Crippen LogP contribution in [-0.4, -0.2) is 37.1 Å². The van der Waals surface area contributed by atoms with Crippen molar-refractivity contribution in [3.63, 3.8) is 0 Å². The summed E-state index contributed by atoms with van der Waals surface area (Å²) in [6.45, 7) is 8.78. The summed E-state index contributed by atoms with van der Waals surface area (Å²) >= 11 is 0. The Bertz CT molecular complexity index is 520. The van der Waals surface area contributed by atoms with Crippen molar-refractivity contribution < 1.29 is 9.90 Å². The number of rotatable bonds is 8. The first-order valence-electron chi connectivity index (χ1n) is 12.1. The van der Waals surface area contributed by atoms with Crippen LogP contribution in [0, 0.1) is 17.8 Å². The number of carboxylic acid groups (broad SMARTS) is 1. The lowest BCUT2D eigenvalue weighted by molar-refractivity contribution is -0.143. The van der Waals surface area contributed by atoms with Crippen molar-refractivity contribution in [2.24, 2.45) is 17.8 Å². The van der Waals surface area contributed by atoms with E-state index in [1.165, 1.54) is 50.5 Å². The zero-order valence-corrected chi connectivity index (χ0v) is 20.9. The molecular formula is C27H49NO2. The van der Waals surface area contributed by atoms with Crippen LogP contribution in [0.3, 0.4) is 0 Å². The molecule has 0 amide bonds. The molecule has 174 valence electrons. The van der Waals surface area contributed by atoms with Crippen molar-refractivity contribution >= 4 is 5.97 Å². The maximum Gasteiger partial charge on any atom is 0.306 e. The Labute approximate surface area is 187 Å². The third-order valence-corrected chi connectivity index (χ3v) is 6.22. The lowest BCUT2D eigenvalue weighted by Gasteiger charge is -2.24. The van der Waals surface area contributed by atoms with Gasteiger partial charge in [0.1, 0.15) is 0 Å². The van der Waals surface area contributed by atoms with Gasteiger partial charge in [0, 0.05) is 0 Å². The van der Waals surface area contributed by atoms with E-state index in [0.717, 1.165) is 24.7 Å². The van der Waals surface area contributed by atoms with Crippen molar-refractivity contribution in [1.82, 2.24) is 4.90 Å². The molecular weight excluding hydrogens is 370 g/mol. The van der Waals surface area contributed by atoms with Gasteiger partial charge >= 0.3 is 5.97 Å². The molecule has 0 aliphatic heterocycles. The number of aliphatic carboxylic acids is 1. The predicted octanol–water partition coefficient (Wildman–Crippen LogP) is 7.47. The third-order valence-electron chi connectivity index (χ3n) is 6.22.